The number of aromatic nitrogens is 8. The highest BCUT2D eigenvalue weighted by atomic mass is 19.4. The quantitative estimate of drug-likeness (QED) is 0.106. The van der Waals surface area contributed by atoms with E-state index in [1.165, 1.54) is 36.7 Å². The lowest BCUT2D eigenvalue weighted by Crippen LogP contribution is -2.36. The topological polar surface area (TPSA) is 181 Å². The summed E-state index contributed by atoms with van der Waals surface area (Å²) in [7, 11) is 0. The molecule has 0 bridgehead atoms. The third-order valence-electron chi connectivity index (χ3n) is 12.2. The highest BCUT2D eigenvalue weighted by molar-refractivity contribution is 5.98. The van der Waals surface area contributed by atoms with Crippen LogP contribution in [-0.4, -0.2) is 117 Å². The van der Waals surface area contributed by atoms with Gasteiger partial charge in [-0.05, 0) is 54.3 Å². The van der Waals surface area contributed by atoms with Crippen LogP contribution < -0.4 is 20.4 Å². The molecular weight excluding hydrogens is 897 g/mol. The number of anilines is 2. The predicted octanol–water partition coefficient (Wildman–Crippen LogP) is 6.59. The largest absolute Gasteiger partial charge is 0.416 e. The van der Waals surface area contributed by atoms with Gasteiger partial charge in [-0.2, -0.15) is 13.2 Å². The van der Waals surface area contributed by atoms with Gasteiger partial charge in [-0.15, -0.1) is 0 Å². The van der Waals surface area contributed by atoms with Gasteiger partial charge in [-0.1, -0.05) is 24.3 Å². The van der Waals surface area contributed by atoms with E-state index >= 15 is 4.39 Å². The molecule has 0 radical (unpaired) electrons. The third-order valence-corrected chi connectivity index (χ3v) is 12.2. The van der Waals surface area contributed by atoms with Gasteiger partial charge >= 0.3 is 6.18 Å². The minimum absolute atomic E-state index is 0.0192. The van der Waals surface area contributed by atoms with Gasteiger partial charge in [0.1, 0.15) is 17.1 Å². The van der Waals surface area contributed by atoms with Crippen LogP contribution in [0.25, 0.3) is 50.0 Å². The van der Waals surface area contributed by atoms with Gasteiger partial charge in [-0.25, -0.2) is 34.3 Å². The molecule has 2 saturated heterocycles. The summed E-state index contributed by atoms with van der Waals surface area (Å²) in [4.78, 5) is 60.3. The van der Waals surface area contributed by atoms with E-state index in [-0.39, 0.29) is 43.1 Å². The summed E-state index contributed by atoms with van der Waals surface area (Å²) in [5.74, 6) is -1.79. The lowest BCUT2D eigenvalue weighted by atomic mass is 10.0. The maximum atomic E-state index is 15.9. The Balaban J connectivity index is 0.818. The molecule has 6 aromatic heterocycles. The van der Waals surface area contributed by atoms with E-state index in [4.69, 9.17) is 14.5 Å². The van der Waals surface area contributed by atoms with Crippen molar-refractivity contribution in [3.63, 3.8) is 0 Å². The second-order valence-electron chi connectivity index (χ2n) is 16.5. The Morgan fingerprint density at radius 1 is 0.638 bits per heavy atom. The van der Waals surface area contributed by atoms with Crippen LogP contribution in [0.5, 0.6) is 0 Å². The fraction of sp³-hybridized carbons (Fsp3) is 0.265. The fourth-order valence-corrected chi connectivity index (χ4v) is 8.60. The predicted molar refractivity (Wildman–Crippen MR) is 249 cm³/mol. The van der Waals surface area contributed by atoms with Crippen LogP contribution in [0.2, 0.25) is 0 Å². The van der Waals surface area contributed by atoms with Gasteiger partial charge in [0.05, 0.1) is 55.8 Å². The number of pyridine rings is 2. The second-order valence-corrected chi connectivity index (χ2v) is 16.5. The molecule has 8 aromatic rings. The second kappa shape index (κ2) is 19.4. The molecule has 2 amide bonds. The highest BCUT2D eigenvalue weighted by Gasteiger charge is 2.32. The van der Waals surface area contributed by atoms with Gasteiger partial charge in [0.25, 0.3) is 11.8 Å². The molecule has 0 aliphatic carbocycles. The zero-order chi connectivity index (χ0) is 47.5. The third kappa shape index (κ3) is 9.66. The number of aromatic amines is 1. The van der Waals surface area contributed by atoms with Gasteiger partial charge in [-0.3, -0.25) is 9.59 Å². The van der Waals surface area contributed by atoms with E-state index in [0.717, 1.165) is 58.1 Å². The van der Waals surface area contributed by atoms with Crippen molar-refractivity contribution in [3.8, 4) is 27.9 Å². The molecule has 0 saturated carbocycles. The van der Waals surface area contributed by atoms with Crippen molar-refractivity contribution in [1.82, 2.24) is 50.1 Å². The first kappa shape index (κ1) is 45.0. The van der Waals surface area contributed by atoms with Gasteiger partial charge in [0.2, 0.25) is 11.6 Å². The van der Waals surface area contributed by atoms with Crippen LogP contribution in [0.15, 0.2) is 104 Å². The van der Waals surface area contributed by atoms with Crippen LogP contribution in [0, 0.1) is 5.82 Å². The summed E-state index contributed by atoms with van der Waals surface area (Å²) >= 11 is 0. The molecular formula is C49H44F4N12O4. The van der Waals surface area contributed by atoms with Crippen LogP contribution in [0.1, 0.15) is 37.9 Å². The molecule has 69 heavy (non-hydrogen) atoms. The number of halogens is 4. The number of fused-ring (bicyclic) bond motifs is 2. The maximum absolute atomic E-state index is 15.9. The van der Waals surface area contributed by atoms with E-state index in [9.17, 15) is 22.8 Å². The lowest BCUT2D eigenvalue weighted by Gasteiger charge is -2.28. The maximum Gasteiger partial charge on any atom is 0.416 e. The number of nitrogens with zero attached hydrogens (tertiary/aromatic N) is 9. The Bertz CT molecular complexity index is 3150. The zero-order valence-corrected chi connectivity index (χ0v) is 37.0. The van der Waals surface area contributed by atoms with Crippen LogP contribution >= 0.6 is 0 Å². The zero-order valence-electron chi connectivity index (χ0n) is 37.0. The molecule has 0 unspecified atom stereocenters. The Morgan fingerprint density at radius 3 is 1.81 bits per heavy atom. The molecule has 16 nitrogen and oxygen atoms in total. The Hall–Kier alpha value is -7.84. The number of carbonyl (C=O) groups is 2. The number of hydrogen-bond donors (Lipinski definition) is 3. The summed E-state index contributed by atoms with van der Waals surface area (Å²) < 4.78 is 69.1. The fourth-order valence-electron chi connectivity index (χ4n) is 8.60. The van der Waals surface area contributed by atoms with Crippen molar-refractivity contribution in [2.45, 2.75) is 19.0 Å². The van der Waals surface area contributed by atoms with Crippen molar-refractivity contribution in [2.24, 2.45) is 0 Å². The average Bonchev–Trinajstić information content (AvgIpc) is 3.99. The molecule has 0 atom stereocenters. The molecule has 20 heteroatoms. The van der Waals surface area contributed by atoms with E-state index in [1.54, 1.807) is 41.5 Å². The Labute approximate surface area is 391 Å². The summed E-state index contributed by atoms with van der Waals surface area (Å²) in [6.07, 6.45) is 9.05. The molecule has 10 rings (SSSR count). The molecule has 2 fully saturated rings. The minimum Gasteiger partial charge on any atom is -0.378 e. The number of benzene rings is 2. The normalized spacial score (nSPS) is 14.4. The minimum atomic E-state index is -4.51. The SMILES string of the molecule is O=C(NCCc1ccc(-n2cc(-c3cnc(C(=O)NCCc4ccccc4C(F)(F)F)nc3)c3cc(N4CCOCC4)cnc32)cc1F)c1ncc(-c2c[nH]c3ncc(N4CCOCC4)cc23)cn1. The first-order chi connectivity index (χ1) is 33.6. The Morgan fingerprint density at radius 2 is 1.20 bits per heavy atom. The first-order valence-electron chi connectivity index (χ1n) is 22.4. The van der Waals surface area contributed by atoms with Crippen molar-refractivity contribution in [1.29, 1.82) is 0 Å². The number of rotatable bonds is 13. The summed E-state index contributed by atoms with van der Waals surface area (Å²) in [5, 5.41) is 7.04. The smallest absolute Gasteiger partial charge is 0.378 e. The van der Waals surface area contributed by atoms with Crippen LogP contribution in [-0.2, 0) is 28.5 Å². The van der Waals surface area contributed by atoms with Crippen molar-refractivity contribution in [3.05, 3.63) is 138 Å². The van der Waals surface area contributed by atoms with Crippen LogP contribution in [0.3, 0.4) is 0 Å². The van der Waals surface area contributed by atoms with Gasteiger partial charge in [0, 0.05) is 115 Å². The number of alkyl halides is 3. The average molecular weight is 941 g/mol. The number of amides is 2. The summed E-state index contributed by atoms with van der Waals surface area (Å²) in [5.41, 5.74) is 6.10. The monoisotopic (exact) mass is 940 g/mol. The van der Waals surface area contributed by atoms with Gasteiger partial charge < -0.3 is 39.5 Å². The van der Waals surface area contributed by atoms with Crippen LogP contribution in [0.4, 0.5) is 28.9 Å². The van der Waals surface area contributed by atoms with Gasteiger partial charge in [0.15, 0.2) is 0 Å². The van der Waals surface area contributed by atoms with Crippen molar-refractivity contribution >= 4 is 45.3 Å². The molecule has 8 heterocycles. The number of carbonyl (C=O) groups excluding carboxylic acids is 2. The Kier molecular flexibility index (Phi) is 12.6. The number of hydrogen-bond acceptors (Lipinski definition) is 12. The standard InChI is InChI=1S/C49H44F4N12O4/c50-42-21-34(6-5-31(42)8-10-55-48(67)44-56-22-32(23-57-44)39-28-61-43-37(39)19-35(26-60-43)63-11-15-68-16-12-63)65-29-40(38-20-36(27-62-46(38)65)64-13-17-69-18-14-64)33-24-58-45(59-25-33)47(66)54-9-7-30-3-1-2-4-41(30)49(51,52)53/h1-6,19-29H,7-18H2,(H,54,66)(H,55,67)(H,60,61). The number of nitrogens with one attached hydrogen (secondary N) is 3. The van der Waals surface area contributed by atoms with E-state index < -0.39 is 29.4 Å². The summed E-state index contributed by atoms with van der Waals surface area (Å²) in [6, 6.07) is 14.1. The molecule has 2 aliphatic rings. The number of morpholine rings is 2. The molecule has 3 N–H and O–H groups in total. The van der Waals surface area contributed by atoms with Crippen molar-refractivity contribution in [2.75, 3.05) is 75.5 Å². The molecule has 352 valence electrons. The summed E-state index contributed by atoms with van der Waals surface area (Å²) in [6.45, 7) is 5.42. The molecule has 2 aromatic carbocycles. The molecule has 0 spiro atoms. The van der Waals surface area contributed by atoms with E-state index in [2.05, 4.69) is 56.4 Å². The van der Waals surface area contributed by atoms with E-state index in [0.29, 0.717) is 67.5 Å². The van der Waals surface area contributed by atoms with E-state index in [1.807, 2.05) is 18.5 Å². The number of ether oxygens (including phenoxy) is 2. The first-order valence-corrected chi connectivity index (χ1v) is 22.4. The highest BCUT2D eigenvalue weighted by Crippen LogP contribution is 2.35. The van der Waals surface area contributed by atoms with Crippen molar-refractivity contribution < 1.29 is 36.6 Å². The lowest BCUT2D eigenvalue weighted by molar-refractivity contribution is -0.138. The molecule has 2 aliphatic heterocycles. The number of H-pyrrole nitrogens is 1.